The van der Waals surface area contributed by atoms with E-state index in [1.54, 1.807) is 11.3 Å². The van der Waals surface area contributed by atoms with Crippen LogP contribution in [0.5, 0.6) is 0 Å². The van der Waals surface area contributed by atoms with Gasteiger partial charge in [-0.3, -0.25) is 4.79 Å². The molecule has 0 aliphatic heterocycles. The lowest BCUT2D eigenvalue weighted by molar-refractivity contribution is -0.130. The average Bonchev–Trinajstić information content (AvgIpc) is 2.83. The van der Waals surface area contributed by atoms with Gasteiger partial charge in [0.1, 0.15) is 0 Å². The lowest BCUT2D eigenvalue weighted by atomic mass is 9.64. The summed E-state index contributed by atoms with van der Waals surface area (Å²) in [6.07, 6.45) is 3.02. The molecule has 0 saturated heterocycles. The molecular formula is C17H18BrNOS. The summed E-state index contributed by atoms with van der Waals surface area (Å²) < 4.78 is 1.05. The van der Waals surface area contributed by atoms with Crippen molar-refractivity contribution in [3.63, 3.8) is 0 Å². The number of rotatable bonds is 4. The lowest BCUT2D eigenvalue weighted by Gasteiger charge is -2.40. The maximum Gasteiger partial charge on any atom is 0.230 e. The van der Waals surface area contributed by atoms with Crippen LogP contribution in [-0.2, 0) is 16.8 Å². The minimum absolute atomic E-state index is 0.170. The molecule has 1 aliphatic carbocycles. The number of hydrogen-bond acceptors (Lipinski definition) is 2. The van der Waals surface area contributed by atoms with Gasteiger partial charge >= 0.3 is 0 Å². The number of benzene rings is 1. The zero-order chi connectivity index (χ0) is 14.9. The molecule has 0 atom stereocenters. The van der Waals surface area contributed by atoms with Gasteiger partial charge in [0.15, 0.2) is 0 Å². The second kappa shape index (κ2) is 5.93. The van der Waals surface area contributed by atoms with Gasteiger partial charge in [0.25, 0.3) is 0 Å². The maximum atomic E-state index is 12.7. The molecule has 3 rings (SSSR count). The number of aryl methyl sites for hydroxylation is 1. The van der Waals surface area contributed by atoms with E-state index in [2.05, 4.69) is 51.7 Å². The molecule has 1 aromatic carbocycles. The highest BCUT2D eigenvalue weighted by Gasteiger charge is 2.45. The Bertz CT molecular complexity index is 643. The molecule has 1 aromatic heterocycles. The fourth-order valence-corrected chi connectivity index (χ4v) is 3.97. The van der Waals surface area contributed by atoms with E-state index in [-0.39, 0.29) is 11.3 Å². The Balaban J connectivity index is 1.75. The van der Waals surface area contributed by atoms with Crippen molar-refractivity contribution in [3.8, 4) is 0 Å². The van der Waals surface area contributed by atoms with E-state index >= 15 is 0 Å². The first-order valence-corrected chi connectivity index (χ1v) is 8.86. The van der Waals surface area contributed by atoms with E-state index in [0.717, 1.165) is 29.3 Å². The predicted octanol–water partition coefficient (Wildman–Crippen LogP) is 4.56. The number of carbonyl (C=O) groups excluding carboxylic acids is 1. The molecule has 1 saturated carbocycles. The molecule has 0 radical (unpaired) electrons. The van der Waals surface area contributed by atoms with Gasteiger partial charge in [0, 0.05) is 9.35 Å². The topological polar surface area (TPSA) is 29.1 Å². The summed E-state index contributed by atoms with van der Waals surface area (Å²) in [4.78, 5) is 14.0. The minimum atomic E-state index is -0.314. The van der Waals surface area contributed by atoms with Crippen molar-refractivity contribution >= 4 is 33.2 Å². The molecular weight excluding hydrogens is 346 g/mol. The predicted molar refractivity (Wildman–Crippen MR) is 90.6 cm³/mol. The molecule has 21 heavy (non-hydrogen) atoms. The normalized spacial score (nSPS) is 16.3. The van der Waals surface area contributed by atoms with Crippen molar-refractivity contribution in [1.82, 2.24) is 5.32 Å². The molecule has 2 aromatic rings. The van der Waals surface area contributed by atoms with Crippen LogP contribution in [0.2, 0.25) is 0 Å². The van der Waals surface area contributed by atoms with E-state index in [1.165, 1.54) is 10.4 Å². The van der Waals surface area contributed by atoms with Crippen molar-refractivity contribution in [3.05, 3.63) is 56.2 Å². The van der Waals surface area contributed by atoms with Crippen LogP contribution in [-0.4, -0.2) is 5.91 Å². The molecule has 1 fully saturated rings. The summed E-state index contributed by atoms with van der Waals surface area (Å²) in [7, 11) is 0. The Morgan fingerprint density at radius 3 is 2.52 bits per heavy atom. The van der Waals surface area contributed by atoms with Crippen molar-refractivity contribution in [2.45, 2.75) is 38.1 Å². The largest absolute Gasteiger partial charge is 0.350 e. The van der Waals surface area contributed by atoms with Gasteiger partial charge in [-0.1, -0.05) is 34.5 Å². The smallest absolute Gasteiger partial charge is 0.230 e. The second-order valence-corrected chi connectivity index (χ2v) is 7.57. The highest BCUT2D eigenvalue weighted by molar-refractivity contribution is 9.10. The third-order valence-corrected chi connectivity index (χ3v) is 5.97. The first kappa shape index (κ1) is 14.8. The van der Waals surface area contributed by atoms with E-state index in [0.29, 0.717) is 6.54 Å². The van der Waals surface area contributed by atoms with Crippen LogP contribution >= 0.6 is 27.3 Å². The maximum absolute atomic E-state index is 12.7. The van der Waals surface area contributed by atoms with E-state index in [9.17, 15) is 4.79 Å². The van der Waals surface area contributed by atoms with Crippen LogP contribution in [0.3, 0.4) is 0 Å². The Kier molecular flexibility index (Phi) is 4.18. The Labute approximate surface area is 137 Å². The highest BCUT2D eigenvalue weighted by Crippen LogP contribution is 2.44. The zero-order valence-corrected chi connectivity index (χ0v) is 14.4. The minimum Gasteiger partial charge on any atom is -0.350 e. The molecule has 1 amide bonds. The standard InChI is InChI=1S/C17H18BrNOS/c1-12-7-10-21-15(12)11-19-16(20)17(8-2-9-17)13-3-5-14(18)6-4-13/h3-7,10H,2,8-9,11H2,1H3,(H,19,20). The summed E-state index contributed by atoms with van der Waals surface area (Å²) in [5, 5.41) is 5.22. The van der Waals surface area contributed by atoms with Crippen LogP contribution in [0.4, 0.5) is 0 Å². The SMILES string of the molecule is Cc1ccsc1CNC(=O)C1(c2ccc(Br)cc2)CCC1. The average molecular weight is 364 g/mol. The van der Waals surface area contributed by atoms with Crippen LogP contribution in [0, 0.1) is 6.92 Å². The highest BCUT2D eigenvalue weighted by atomic mass is 79.9. The van der Waals surface area contributed by atoms with Crippen molar-refractivity contribution in [2.24, 2.45) is 0 Å². The van der Waals surface area contributed by atoms with Gasteiger partial charge in [-0.2, -0.15) is 0 Å². The molecule has 0 bridgehead atoms. The number of amides is 1. The summed E-state index contributed by atoms with van der Waals surface area (Å²) >= 11 is 5.16. The molecule has 1 N–H and O–H groups in total. The summed E-state index contributed by atoms with van der Waals surface area (Å²) in [5.41, 5.74) is 2.08. The summed E-state index contributed by atoms with van der Waals surface area (Å²) in [6.45, 7) is 2.73. The number of hydrogen-bond donors (Lipinski definition) is 1. The van der Waals surface area contributed by atoms with E-state index in [4.69, 9.17) is 0 Å². The second-order valence-electron chi connectivity index (χ2n) is 5.65. The number of carbonyl (C=O) groups is 1. The number of thiophene rings is 1. The lowest BCUT2D eigenvalue weighted by Crippen LogP contribution is -2.48. The first-order valence-electron chi connectivity index (χ1n) is 7.19. The van der Waals surface area contributed by atoms with Crippen LogP contribution in [0.15, 0.2) is 40.2 Å². The van der Waals surface area contributed by atoms with Gasteiger partial charge in [0.2, 0.25) is 5.91 Å². The Morgan fingerprint density at radius 2 is 2.00 bits per heavy atom. The van der Waals surface area contributed by atoms with E-state index < -0.39 is 0 Å². The number of halogens is 1. The fourth-order valence-electron chi connectivity index (χ4n) is 2.86. The molecule has 2 nitrogen and oxygen atoms in total. The quantitative estimate of drug-likeness (QED) is 0.847. The summed E-state index contributed by atoms with van der Waals surface area (Å²) in [6, 6.07) is 10.3. The fraction of sp³-hybridized carbons (Fsp3) is 0.353. The van der Waals surface area contributed by atoms with Gasteiger partial charge in [-0.25, -0.2) is 0 Å². The van der Waals surface area contributed by atoms with E-state index in [1.807, 2.05) is 12.1 Å². The zero-order valence-electron chi connectivity index (χ0n) is 12.0. The van der Waals surface area contributed by atoms with Crippen molar-refractivity contribution in [1.29, 1.82) is 0 Å². The van der Waals surface area contributed by atoms with Gasteiger partial charge in [-0.05, 0) is 54.5 Å². The van der Waals surface area contributed by atoms with Crippen LogP contribution in [0.1, 0.15) is 35.3 Å². The van der Waals surface area contributed by atoms with Crippen molar-refractivity contribution < 1.29 is 4.79 Å². The van der Waals surface area contributed by atoms with Crippen LogP contribution < -0.4 is 5.32 Å². The Morgan fingerprint density at radius 1 is 1.29 bits per heavy atom. The Hall–Kier alpha value is -1.13. The van der Waals surface area contributed by atoms with Gasteiger partial charge in [0.05, 0.1) is 12.0 Å². The molecule has 4 heteroatoms. The molecule has 1 aliphatic rings. The monoisotopic (exact) mass is 363 g/mol. The third-order valence-electron chi connectivity index (χ3n) is 4.42. The first-order chi connectivity index (χ1) is 10.1. The number of nitrogens with one attached hydrogen (secondary N) is 1. The molecule has 110 valence electrons. The summed E-state index contributed by atoms with van der Waals surface area (Å²) in [5.74, 6) is 0.170. The third kappa shape index (κ3) is 2.79. The van der Waals surface area contributed by atoms with Gasteiger partial charge in [-0.15, -0.1) is 11.3 Å². The molecule has 0 spiro atoms. The van der Waals surface area contributed by atoms with Gasteiger partial charge < -0.3 is 5.32 Å². The molecule has 0 unspecified atom stereocenters. The van der Waals surface area contributed by atoms with Crippen molar-refractivity contribution in [2.75, 3.05) is 0 Å². The van der Waals surface area contributed by atoms with Crippen LogP contribution in [0.25, 0.3) is 0 Å². The molecule has 1 heterocycles.